The number of aryl methyl sites for hydroxylation is 2. The van der Waals surface area contributed by atoms with Gasteiger partial charge < -0.3 is 40.6 Å². The fraction of sp³-hybridized carbons (Fsp3) is 0.263. The van der Waals surface area contributed by atoms with E-state index in [0.29, 0.717) is 11.4 Å². The number of nitrogens with one attached hydrogen (secondary N) is 2. The largest absolute Gasteiger partial charge is 1.00 e. The molecule has 2 saturated heterocycles. The first-order valence-corrected chi connectivity index (χ1v) is 24.7. The quantitative estimate of drug-likeness (QED) is 0.0466. The zero-order valence-electron chi connectivity index (χ0n) is 34.2. The third-order valence-corrected chi connectivity index (χ3v) is 16.7. The predicted octanol–water partition coefficient (Wildman–Crippen LogP) is -4.69. The van der Waals surface area contributed by atoms with E-state index in [1.165, 1.54) is 22.7 Å². The van der Waals surface area contributed by atoms with Crippen LogP contribution in [0.1, 0.15) is 44.0 Å². The van der Waals surface area contributed by atoms with Crippen LogP contribution in [0, 0.1) is 0 Å². The van der Waals surface area contributed by atoms with Crippen LogP contribution in [-0.2, 0) is 64.0 Å². The number of thiophene rings is 2. The third kappa shape index (κ3) is 12.0. The molecule has 0 spiro atoms. The van der Waals surface area contributed by atoms with Gasteiger partial charge in [0.05, 0.1) is 60.4 Å². The number of β-lactam (4-membered cyclic amide) rings is 2. The number of carboxylic acid groups (broad SMARTS) is 4. The fourth-order valence-electron chi connectivity index (χ4n) is 6.50. The molecule has 0 bridgehead atoms. The number of amides is 4. The molecule has 4 aliphatic rings. The Bertz CT molecular complexity index is 2500. The number of fused-ring (bicyclic) bond motifs is 2. The van der Waals surface area contributed by atoms with Crippen molar-refractivity contribution in [3.63, 3.8) is 0 Å². The molecule has 18 nitrogen and oxygen atoms in total. The Hall–Kier alpha value is -3.22. The van der Waals surface area contributed by atoms with E-state index in [1.807, 2.05) is 35.0 Å². The van der Waals surface area contributed by atoms with Crippen molar-refractivity contribution < 1.29 is 118 Å². The molecule has 8 heterocycles. The van der Waals surface area contributed by atoms with Crippen LogP contribution < -0.4 is 80.0 Å². The van der Waals surface area contributed by atoms with Gasteiger partial charge in [-0.1, -0.05) is 36.6 Å². The number of aromatic nitrogens is 2. The molecule has 0 radical (unpaired) electrons. The molecular formula is C38H28N6Na2O12S8. The number of carbonyl (C=O) groups is 8. The molecular weight excluding hydrogens is 1030 g/mol. The minimum Gasteiger partial charge on any atom is -0.543 e. The molecule has 2 fully saturated rings. The molecule has 4 aromatic rings. The predicted molar refractivity (Wildman–Crippen MR) is 242 cm³/mol. The van der Waals surface area contributed by atoms with E-state index in [2.05, 4.69) is 20.6 Å². The summed E-state index contributed by atoms with van der Waals surface area (Å²) < 4.78 is 0. The number of nitrogens with zero attached hydrogens (tertiary/aromatic N) is 4. The Balaban J connectivity index is 0.000000240. The smallest absolute Gasteiger partial charge is 0.543 e. The monoisotopic (exact) mass is 1060 g/mol. The van der Waals surface area contributed by atoms with Gasteiger partial charge in [0.15, 0.2) is 0 Å². The first-order chi connectivity index (χ1) is 30.5. The summed E-state index contributed by atoms with van der Waals surface area (Å²) in [6, 6.07) is 7.29. The average Bonchev–Trinajstić information content (AvgIpc) is 4.11. The number of thioether (sulfide) groups is 2. The molecule has 2 unspecified atom stereocenters. The SMILES string of the molecule is O=C(O)CCc1csc(C2=C(C(=O)[O-])N3C(=O)C(=S)[C@@H]3SC2NC(=O)Cc2cccs2)n1.O=C(O)CCc1csc(C2=C(C(=O)[O-])N3C(=O)C(=S)[C@@H]3SC2NC(=O)Cc2cccs2)n1.[Na+].[Na+]. The van der Waals surface area contributed by atoms with Gasteiger partial charge in [0.2, 0.25) is 11.8 Å². The molecule has 4 aromatic heterocycles. The summed E-state index contributed by atoms with van der Waals surface area (Å²) in [6.07, 6.45) is 0.290. The van der Waals surface area contributed by atoms with Crippen LogP contribution in [0.5, 0.6) is 0 Å². The Labute approximate surface area is 453 Å². The van der Waals surface area contributed by atoms with Crippen molar-refractivity contribution in [3.05, 3.63) is 88.3 Å². The first kappa shape index (κ1) is 53.7. The van der Waals surface area contributed by atoms with Gasteiger partial charge >= 0.3 is 71.1 Å². The third-order valence-electron chi connectivity index (χ3n) is 9.38. The van der Waals surface area contributed by atoms with Crippen LogP contribution in [0.25, 0.3) is 11.1 Å². The second-order valence-electron chi connectivity index (χ2n) is 13.6. The van der Waals surface area contributed by atoms with Crippen molar-refractivity contribution in [2.24, 2.45) is 0 Å². The van der Waals surface area contributed by atoms with E-state index in [1.54, 1.807) is 10.8 Å². The van der Waals surface area contributed by atoms with Gasteiger partial charge in [-0.3, -0.25) is 38.6 Å². The first-order valence-electron chi connectivity index (χ1n) is 18.5. The van der Waals surface area contributed by atoms with Gasteiger partial charge in [0, 0.05) is 44.5 Å². The summed E-state index contributed by atoms with van der Waals surface area (Å²) in [7, 11) is 0. The topological polar surface area (TPSA) is 279 Å². The van der Waals surface area contributed by atoms with Gasteiger partial charge in [-0.2, -0.15) is 0 Å². The molecule has 332 valence electrons. The number of rotatable bonds is 16. The van der Waals surface area contributed by atoms with Gasteiger partial charge in [-0.25, -0.2) is 9.97 Å². The summed E-state index contributed by atoms with van der Waals surface area (Å²) in [5.41, 5.74) is 0.444. The summed E-state index contributed by atoms with van der Waals surface area (Å²) in [6.45, 7) is 0. The number of carbonyl (C=O) groups excluding carboxylic acids is 6. The molecule has 4 amide bonds. The van der Waals surface area contributed by atoms with Crippen LogP contribution in [0.15, 0.2) is 57.2 Å². The average molecular weight is 1060 g/mol. The van der Waals surface area contributed by atoms with Gasteiger partial charge in [0.25, 0.3) is 11.8 Å². The number of carboxylic acids is 4. The van der Waals surface area contributed by atoms with Gasteiger partial charge in [-0.05, 0) is 22.9 Å². The maximum atomic E-state index is 12.7. The maximum absolute atomic E-state index is 12.7. The normalized spacial score (nSPS) is 19.5. The van der Waals surface area contributed by atoms with Crippen LogP contribution in [0.4, 0.5) is 0 Å². The van der Waals surface area contributed by atoms with E-state index >= 15 is 0 Å². The number of hydrogen-bond donors (Lipinski definition) is 4. The molecule has 4 atom stereocenters. The summed E-state index contributed by atoms with van der Waals surface area (Å²) in [5.74, 6) is -6.98. The number of thiocarbonyl (C=S) groups is 2. The number of hydrogen-bond acceptors (Lipinski definition) is 20. The van der Waals surface area contributed by atoms with Crippen molar-refractivity contribution in [1.29, 1.82) is 0 Å². The van der Waals surface area contributed by atoms with Crippen molar-refractivity contribution in [3.8, 4) is 0 Å². The Morgan fingerprint density at radius 2 is 1.03 bits per heavy atom. The Morgan fingerprint density at radius 3 is 1.35 bits per heavy atom. The molecule has 4 N–H and O–H groups in total. The van der Waals surface area contributed by atoms with Crippen molar-refractivity contribution in [2.45, 2.75) is 60.0 Å². The van der Waals surface area contributed by atoms with Gasteiger partial charge in [0.1, 0.15) is 41.2 Å². The number of thiazole rings is 2. The summed E-state index contributed by atoms with van der Waals surface area (Å²) in [4.78, 5) is 108. The van der Waals surface area contributed by atoms with Gasteiger partial charge in [-0.15, -0.1) is 68.9 Å². The van der Waals surface area contributed by atoms with E-state index in [9.17, 15) is 48.6 Å². The molecule has 8 rings (SSSR count). The fourth-order valence-corrected chi connectivity index (χ4v) is 13.4. The maximum Gasteiger partial charge on any atom is 1.00 e. The molecule has 0 aromatic carbocycles. The minimum absolute atomic E-state index is 0. The van der Waals surface area contributed by atoms with Crippen molar-refractivity contribution in [1.82, 2.24) is 30.4 Å². The van der Waals surface area contributed by atoms with E-state index in [4.69, 9.17) is 34.6 Å². The van der Waals surface area contributed by atoms with Crippen molar-refractivity contribution in [2.75, 3.05) is 0 Å². The minimum atomic E-state index is -1.58. The van der Waals surface area contributed by atoms with E-state index < -0.39 is 57.2 Å². The molecule has 4 aliphatic heterocycles. The second-order valence-corrected chi connectivity index (χ2v) is 20.7. The van der Waals surface area contributed by atoms with Crippen LogP contribution in [0.2, 0.25) is 0 Å². The van der Waals surface area contributed by atoms with E-state index in [0.717, 1.165) is 65.8 Å². The summed E-state index contributed by atoms with van der Waals surface area (Å²) >= 11 is 17.5. The summed E-state index contributed by atoms with van der Waals surface area (Å²) in [5, 5.41) is 52.0. The number of aliphatic carboxylic acids is 4. The Morgan fingerprint density at radius 1 is 0.652 bits per heavy atom. The second kappa shape index (κ2) is 23.4. The van der Waals surface area contributed by atoms with E-state index in [-0.39, 0.29) is 152 Å². The zero-order chi connectivity index (χ0) is 46.0. The molecule has 28 heteroatoms. The Kier molecular flexibility index (Phi) is 19.0. The standard InChI is InChI=1S/2C19H15N3O6S4.2Na/c2*23-10(6-9-2-1-5-30-9)21-16-12(15-20-8(7-31-15)3-4-11(24)25)13(19(27)28)22-17(26)14(29)18(22)32-16;;/h2*1-2,5,7,16,18H,3-4,6H2,(H,21,23)(H,24,25)(H,27,28);;/q;;2*+1/p-2/t2*16?,18-;;/m00../s1. The van der Waals surface area contributed by atoms with Crippen LogP contribution >= 0.6 is 93.3 Å². The molecule has 0 saturated carbocycles. The van der Waals surface area contributed by atoms with Crippen molar-refractivity contribution >= 4 is 162 Å². The van der Waals surface area contributed by atoms with Crippen LogP contribution in [-0.4, -0.2) is 109 Å². The zero-order valence-corrected chi connectivity index (χ0v) is 44.7. The molecule has 0 aliphatic carbocycles. The molecule has 66 heavy (non-hydrogen) atoms. The van der Waals surface area contributed by atoms with Crippen LogP contribution in [0.3, 0.4) is 0 Å².